The molecule has 0 aliphatic heterocycles. The minimum absolute atomic E-state index is 0.418. The van der Waals surface area contributed by atoms with Gasteiger partial charge in [-0.2, -0.15) is 0 Å². The molecule has 1 heterocycles. The molecule has 1 unspecified atom stereocenters. The highest BCUT2D eigenvalue weighted by Crippen LogP contribution is 2.27. The smallest absolute Gasteiger partial charge is 0.104 e. The van der Waals surface area contributed by atoms with Crippen molar-refractivity contribution in [2.75, 3.05) is 13.6 Å². The minimum atomic E-state index is 0.418. The van der Waals surface area contributed by atoms with Crippen LogP contribution in [0.1, 0.15) is 17.2 Å². The fourth-order valence-electron chi connectivity index (χ4n) is 2.02. The number of halogens is 1. The van der Waals surface area contributed by atoms with Crippen molar-refractivity contribution in [2.45, 2.75) is 12.3 Å². The molecule has 1 atom stereocenters. The Morgan fingerprint density at radius 2 is 2.06 bits per heavy atom. The lowest BCUT2D eigenvalue weighted by Crippen LogP contribution is -2.19. The Morgan fingerprint density at radius 1 is 1.24 bits per heavy atom. The first-order valence-electron chi connectivity index (χ1n) is 5.72. The third-order valence-corrected chi connectivity index (χ3v) is 3.55. The number of likely N-dealkylation sites (N-methyl/N-ethyl adjacent to an activating group) is 1. The minimum Gasteiger partial charge on any atom is -0.469 e. The molecular formula is C14H16BrNO. The molecule has 2 aromatic rings. The monoisotopic (exact) mass is 293 g/mol. The van der Waals surface area contributed by atoms with Gasteiger partial charge in [-0.3, -0.25) is 0 Å². The van der Waals surface area contributed by atoms with Gasteiger partial charge in [-0.15, -0.1) is 0 Å². The average Bonchev–Trinajstić information content (AvgIpc) is 2.82. The Balaban J connectivity index is 2.20. The van der Waals surface area contributed by atoms with E-state index >= 15 is 0 Å². The van der Waals surface area contributed by atoms with Crippen LogP contribution in [0.25, 0.3) is 0 Å². The SMILES string of the molecule is CNCC(Cc1ccco1)c1ccccc1Br. The molecule has 0 saturated carbocycles. The van der Waals surface area contributed by atoms with E-state index in [-0.39, 0.29) is 0 Å². The zero-order valence-corrected chi connectivity index (χ0v) is 11.4. The van der Waals surface area contributed by atoms with Gasteiger partial charge in [0, 0.05) is 23.4 Å². The summed E-state index contributed by atoms with van der Waals surface area (Å²) in [4.78, 5) is 0. The molecule has 0 aliphatic rings. The van der Waals surface area contributed by atoms with E-state index in [1.165, 1.54) is 5.56 Å². The van der Waals surface area contributed by atoms with Gasteiger partial charge in [-0.1, -0.05) is 34.1 Å². The molecule has 0 amide bonds. The summed E-state index contributed by atoms with van der Waals surface area (Å²) in [6, 6.07) is 12.3. The molecule has 1 N–H and O–H groups in total. The summed E-state index contributed by atoms with van der Waals surface area (Å²) < 4.78 is 6.59. The van der Waals surface area contributed by atoms with E-state index in [2.05, 4.69) is 39.4 Å². The molecule has 2 rings (SSSR count). The third-order valence-electron chi connectivity index (χ3n) is 2.82. The van der Waals surface area contributed by atoms with Gasteiger partial charge in [0.2, 0.25) is 0 Å². The van der Waals surface area contributed by atoms with Gasteiger partial charge in [0.25, 0.3) is 0 Å². The molecule has 17 heavy (non-hydrogen) atoms. The van der Waals surface area contributed by atoms with Crippen molar-refractivity contribution in [3.05, 3.63) is 58.5 Å². The summed E-state index contributed by atoms with van der Waals surface area (Å²) in [5, 5.41) is 3.24. The lowest BCUT2D eigenvalue weighted by atomic mass is 9.94. The van der Waals surface area contributed by atoms with Gasteiger partial charge in [0.05, 0.1) is 6.26 Å². The topological polar surface area (TPSA) is 25.2 Å². The van der Waals surface area contributed by atoms with Crippen molar-refractivity contribution in [1.82, 2.24) is 5.32 Å². The molecule has 2 nitrogen and oxygen atoms in total. The molecule has 0 spiro atoms. The third kappa shape index (κ3) is 3.20. The van der Waals surface area contributed by atoms with Crippen LogP contribution in [-0.4, -0.2) is 13.6 Å². The van der Waals surface area contributed by atoms with Crippen LogP contribution in [0, 0.1) is 0 Å². The van der Waals surface area contributed by atoms with Crippen LogP contribution in [0.2, 0.25) is 0 Å². The molecule has 0 radical (unpaired) electrons. The van der Waals surface area contributed by atoms with Crippen LogP contribution in [0.4, 0.5) is 0 Å². The lowest BCUT2D eigenvalue weighted by molar-refractivity contribution is 0.478. The molecule has 90 valence electrons. The second kappa shape index (κ2) is 6.03. The van der Waals surface area contributed by atoms with E-state index in [1.807, 2.05) is 25.2 Å². The lowest BCUT2D eigenvalue weighted by Gasteiger charge is -2.17. The van der Waals surface area contributed by atoms with Crippen LogP contribution >= 0.6 is 15.9 Å². The molecule has 0 aliphatic carbocycles. The van der Waals surface area contributed by atoms with E-state index < -0.39 is 0 Å². The second-order valence-electron chi connectivity index (χ2n) is 4.06. The molecule has 0 saturated heterocycles. The molecule has 1 aromatic heterocycles. The Bertz CT molecular complexity index is 453. The van der Waals surface area contributed by atoms with Crippen molar-refractivity contribution in [2.24, 2.45) is 0 Å². The maximum absolute atomic E-state index is 5.43. The molecule has 3 heteroatoms. The maximum atomic E-state index is 5.43. The number of hydrogen-bond donors (Lipinski definition) is 1. The summed E-state index contributed by atoms with van der Waals surface area (Å²) in [6.07, 6.45) is 2.64. The van der Waals surface area contributed by atoms with Gasteiger partial charge >= 0.3 is 0 Å². The zero-order chi connectivity index (χ0) is 12.1. The maximum Gasteiger partial charge on any atom is 0.104 e. The summed E-state index contributed by atoms with van der Waals surface area (Å²) in [5.74, 6) is 1.45. The number of nitrogens with one attached hydrogen (secondary N) is 1. The Labute approximate surface area is 110 Å². The molecule has 1 aromatic carbocycles. The van der Waals surface area contributed by atoms with Crippen LogP contribution in [-0.2, 0) is 6.42 Å². The molecular weight excluding hydrogens is 278 g/mol. The standard InChI is InChI=1S/C14H16BrNO/c1-16-10-11(9-12-5-4-8-17-12)13-6-2-3-7-14(13)15/h2-8,11,16H,9-10H2,1H3. The van der Waals surface area contributed by atoms with Crippen LogP contribution in [0.5, 0.6) is 0 Å². The molecule has 0 fully saturated rings. The van der Waals surface area contributed by atoms with Crippen LogP contribution in [0.3, 0.4) is 0 Å². The van der Waals surface area contributed by atoms with Crippen molar-refractivity contribution in [3.63, 3.8) is 0 Å². The second-order valence-corrected chi connectivity index (χ2v) is 4.91. The van der Waals surface area contributed by atoms with Gasteiger partial charge in [0.1, 0.15) is 5.76 Å². The first-order chi connectivity index (χ1) is 8.31. The fraction of sp³-hybridized carbons (Fsp3) is 0.286. The van der Waals surface area contributed by atoms with Crippen molar-refractivity contribution >= 4 is 15.9 Å². The highest BCUT2D eigenvalue weighted by atomic mass is 79.9. The Kier molecular flexibility index (Phi) is 4.40. The predicted octanol–water partition coefficient (Wildman–Crippen LogP) is 3.59. The summed E-state index contributed by atoms with van der Waals surface area (Å²) in [6.45, 7) is 0.934. The highest BCUT2D eigenvalue weighted by molar-refractivity contribution is 9.10. The van der Waals surface area contributed by atoms with Crippen molar-refractivity contribution in [1.29, 1.82) is 0 Å². The van der Waals surface area contributed by atoms with E-state index in [4.69, 9.17) is 4.42 Å². The van der Waals surface area contributed by atoms with E-state index in [1.54, 1.807) is 6.26 Å². The largest absolute Gasteiger partial charge is 0.469 e. The number of hydrogen-bond acceptors (Lipinski definition) is 2. The first-order valence-corrected chi connectivity index (χ1v) is 6.52. The first kappa shape index (κ1) is 12.4. The quantitative estimate of drug-likeness (QED) is 0.911. The van der Waals surface area contributed by atoms with Crippen molar-refractivity contribution < 1.29 is 4.42 Å². The summed E-state index contributed by atoms with van der Waals surface area (Å²) in [5.41, 5.74) is 1.32. The van der Waals surface area contributed by atoms with E-state index in [0.29, 0.717) is 5.92 Å². The summed E-state index contributed by atoms with van der Waals surface area (Å²) >= 11 is 3.61. The normalized spacial score (nSPS) is 12.6. The molecule has 0 bridgehead atoms. The van der Waals surface area contributed by atoms with E-state index in [0.717, 1.165) is 23.2 Å². The van der Waals surface area contributed by atoms with Crippen molar-refractivity contribution in [3.8, 4) is 0 Å². The summed E-state index contributed by atoms with van der Waals surface area (Å²) in [7, 11) is 1.98. The number of rotatable bonds is 5. The zero-order valence-electron chi connectivity index (χ0n) is 9.82. The van der Waals surface area contributed by atoms with Gasteiger partial charge in [-0.25, -0.2) is 0 Å². The average molecular weight is 294 g/mol. The number of furan rings is 1. The van der Waals surface area contributed by atoms with Gasteiger partial charge in [0.15, 0.2) is 0 Å². The number of benzene rings is 1. The van der Waals surface area contributed by atoms with Crippen LogP contribution in [0.15, 0.2) is 51.6 Å². The fourth-order valence-corrected chi connectivity index (χ4v) is 2.62. The van der Waals surface area contributed by atoms with Gasteiger partial charge < -0.3 is 9.73 Å². The highest BCUT2D eigenvalue weighted by Gasteiger charge is 2.15. The van der Waals surface area contributed by atoms with E-state index in [9.17, 15) is 0 Å². The van der Waals surface area contributed by atoms with Crippen LogP contribution < -0.4 is 5.32 Å². The predicted molar refractivity (Wildman–Crippen MR) is 73.2 cm³/mol. The van der Waals surface area contributed by atoms with Gasteiger partial charge in [-0.05, 0) is 30.8 Å². The Hall–Kier alpha value is -1.06. The Morgan fingerprint density at radius 3 is 2.71 bits per heavy atom.